The lowest BCUT2D eigenvalue weighted by Gasteiger charge is -2.31. The first kappa shape index (κ1) is 22.9. The molecule has 0 saturated heterocycles. The van der Waals surface area contributed by atoms with Gasteiger partial charge < -0.3 is 15.3 Å². The van der Waals surface area contributed by atoms with Crippen molar-refractivity contribution in [2.75, 3.05) is 6.61 Å². The Labute approximate surface area is 168 Å². The molecule has 0 radical (unpaired) electrons. The average Bonchev–Trinajstić information content (AvgIpc) is 2.89. The molecule has 0 amide bonds. The van der Waals surface area contributed by atoms with Gasteiger partial charge in [0.1, 0.15) is 0 Å². The van der Waals surface area contributed by atoms with E-state index in [0.29, 0.717) is 12.3 Å². The van der Waals surface area contributed by atoms with Crippen molar-refractivity contribution in [2.24, 2.45) is 11.8 Å². The van der Waals surface area contributed by atoms with Gasteiger partial charge in [-0.05, 0) is 30.8 Å². The summed E-state index contributed by atoms with van der Waals surface area (Å²) in [6, 6.07) is 0. The van der Waals surface area contributed by atoms with Gasteiger partial charge in [0, 0.05) is 11.6 Å². The highest BCUT2D eigenvalue weighted by molar-refractivity contribution is 5.66. The van der Waals surface area contributed by atoms with E-state index in [-0.39, 0.29) is 18.9 Å². The topological polar surface area (TPSA) is 99.0 Å². The summed E-state index contributed by atoms with van der Waals surface area (Å²) < 4.78 is 0. The highest BCUT2D eigenvalue weighted by atomic mass is 16.6. The van der Waals surface area contributed by atoms with Crippen LogP contribution in [0.5, 0.6) is 0 Å². The molecule has 160 valence electrons. The number of carboxylic acid groups (broad SMARTS) is 1. The zero-order chi connectivity index (χ0) is 20.4. The van der Waals surface area contributed by atoms with E-state index >= 15 is 0 Å². The maximum absolute atomic E-state index is 10.5. The number of hydrogen-bond donors (Lipinski definition) is 4. The number of carbonyl (C=O) groups is 1. The van der Waals surface area contributed by atoms with Crippen molar-refractivity contribution in [1.82, 2.24) is 5.48 Å². The van der Waals surface area contributed by atoms with E-state index in [0.717, 1.165) is 25.0 Å². The van der Waals surface area contributed by atoms with E-state index in [1.807, 2.05) is 12.2 Å². The minimum Gasteiger partial charge on any atom is -0.481 e. The normalized spacial score (nSPS) is 25.0. The van der Waals surface area contributed by atoms with Crippen molar-refractivity contribution in [3.8, 4) is 0 Å². The molecule has 1 saturated carbocycles. The molecule has 4 N–H and O–H groups in total. The standard InChI is InChI=1S/C22H37NO5/c1-2-3-4-5-6-7-8-9-16(24)10-11-17-18-14-20(19(18)15-21(17)25)23-28-13-12-22(26)27/h10-11,16-18,21,23-25H,2-9,12-15H2,1H3,(H,26,27)/t16?,17?,18-,21?/m0/s1. The molecule has 0 aliphatic heterocycles. The van der Waals surface area contributed by atoms with Gasteiger partial charge in [-0.15, -0.1) is 0 Å². The Morgan fingerprint density at radius 3 is 2.64 bits per heavy atom. The summed E-state index contributed by atoms with van der Waals surface area (Å²) in [5.74, 6) is -0.548. The van der Waals surface area contributed by atoms with Gasteiger partial charge in [-0.2, -0.15) is 0 Å². The summed E-state index contributed by atoms with van der Waals surface area (Å²) in [6.45, 7) is 2.34. The van der Waals surface area contributed by atoms with Crippen molar-refractivity contribution >= 4 is 5.97 Å². The molecule has 6 nitrogen and oxygen atoms in total. The Morgan fingerprint density at radius 1 is 1.21 bits per heavy atom. The second-order valence-electron chi connectivity index (χ2n) is 8.12. The Morgan fingerprint density at radius 2 is 1.93 bits per heavy atom. The molecule has 6 heteroatoms. The molecule has 3 unspecified atom stereocenters. The monoisotopic (exact) mass is 395 g/mol. The van der Waals surface area contributed by atoms with Crippen molar-refractivity contribution < 1.29 is 25.0 Å². The second kappa shape index (κ2) is 12.2. The van der Waals surface area contributed by atoms with Crippen LogP contribution in [0.3, 0.4) is 0 Å². The van der Waals surface area contributed by atoms with Crippen LogP contribution in [0.15, 0.2) is 23.4 Å². The first-order valence-electron chi connectivity index (χ1n) is 10.9. The van der Waals surface area contributed by atoms with Crippen molar-refractivity contribution in [3.05, 3.63) is 23.4 Å². The molecule has 2 aliphatic carbocycles. The molecule has 2 aliphatic rings. The van der Waals surface area contributed by atoms with Gasteiger partial charge in [0.15, 0.2) is 0 Å². The number of hydroxylamine groups is 1. The SMILES string of the molecule is CCCCCCCCCC(O)C=CC1C(O)CC2=C(NOCCC(=O)O)C[C@H]21. The highest BCUT2D eigenvalue weighted by Gasteiger charge is 2.44. The lowest BCUT2D eigenvalue weighted by atomic mass is 9.79. The van der Waals surface area contributed by atoms with E-state index in [1.165, 1.54) is 44.1 Å². The zero-order valence-electron chi connectivity index (χ0n) is 17.1. The zero-order valence-corrected chi connectivity index (χ0v) is 17.1. The summed E-state index contributed by atoms with van der Waals surface area (Å²) in [5, 5.41) is 29.1. The van der Waals surface area contributed by atoms with Crippen LogP contribution >= 0.6 is 0 Å². The molecule has 0 aromatic heterocycles. The molecule has 28 heavy (non-hydrogen) atoms. The average molecular weight is 396 g/mol. The predicted octanol–water partition coefficient (Wildman–Crippen LogP) is 3.69. The minimum absolute atomic E-state index is 0.0380. The summed E-state index contributed by atoms with van der Waals surface area (Å²) in [4.78, 5) is 15.7. The molecule has 4 atom stereocenters. The van der Waals surface area contributed by atoms with Crippen LogP contribution in [0, 0.1) is 11.8 Å². The quantitative estimate of drug-likeness (QED) is 0.192. The number of fused-ring (bicyclic) bond motifs is 1. The minimum atomic E-state index is -0.887. The van der Waals surface area contributed by atoms with Crippen molar-refractivity contribution in [2.45, 2.75) is 89.8 Å². The third-order valence-electron chi connectivity index (χ3n) is 5.87. The molecule has 0 spiro atoms. The molecule has 0 aromatic rings. The molecule has 0 aromatic carbocycles. The summed E-state index contributed by atoms with van der Waals surface area (Å²) in [5.41, 5.74) is 4.97. The maximum atomic E-state index is 10.5. The van der Waals surface area contributed by atoms with Gasteiger partial charge in [0.25, 0.3) is 0 Å². The van der Waals surface area contributed by atoms with E-state index < -0.39 is 18.2 Å². The number of carboxylic acids is 1. The van der Waals surface area contributed by atoms with E-state index in [2.05, 4.69) is 12.4 Å². The Balaban J connectivity index is 1.65. The van der Waals surface area contributed by atoms with Crippen molar-refractivity contribution in [3.63, 3.8) is 0 Å². The van der Waals surface area contributed by atoms with Crippen LogP contribution in [-0.4, -0.2) is 40.1 Å². The molecular formula is C22H37NO5. The fraction of sp³-hybridized carbons (Fsp3) is 0.773. The first-order chi connectivity index (χ1) is 13.5. The fourth-order valence-corrected chi connectivity index (χ4v) is 4.15. The molecular weight excluding hydrogens is 358 g/mol. The molecule has 0 heterocycles. The van der Waals surface area contributed by atoms with Crippen LogP contribution in [0.4, 0.5) is 0 Å². The predicted molar refractivity (Wildman–Crippen MR) is 108 cm³/mol. The number of allylic oxidation sites excluding steroid dienone is 1. The van der Waals surface area contributed by atoms with Crippen LogP contribution in [0.2, 0.25) is 0 Å². The summed E-state index contributed by atoms with van der Waals surface area (Å²) in [7, 11) is 0. The van der Waals surface area contributed by atoms with Crippen molar-refractivity contribution in [1.29, 1.82) is 0 Å². The number of nitrogens with one attached hydrogen (secondary N) is 1. The molecule has 1 fully saturated rings. The number of aliphatic hydroxyl groups is 2. The van der Waals surface area contributed by atoms with Crippen LogP contribution in [0.25, 0.3) is 0 Å². The Kier molecular flexibility index (Phi) is 10.0. The van der Waals surface area contributed by atoms with Crippen LogP contribution in [0.1, 0.15) is 77.6 Å². The van der Waals surface area contributed by atoms with Crippen LogP contribution in [-0.2, 0) is 9.63 Å². The second-order valence-corrected chi connectivity index (χ2v) is 8.12. The third kappa shape index (κ3) is 7.22. The Hall–Kier alpha value is -1.37. The Bertz CT molecular complexity index is 545. The van der Waals surface area contributed by atoms with Gasteiger partial charge >= 0.3 is 5.97 Å². The maximum Gasteiger partial charge on any atom is 0.305 e. The molecule has 2 rings (SSSR count). The fourth-order valence-electron chi connectivity index (χ4n) is 4.15. The summed E-state index contributed by atoms with van der Waals surface area (Å²) >= 11 is 0. The lowest BCUT2D eigenvalue weighted by molar-refractivity contribution is -0.138. The van der Waals surface area contributed by atoms with Gasteiger partial charge in [0.2, 0.25) is 0 Å². The van der Waals surface area contributed by atoms with E-state index in [1.54, 1.807) is 0 Å². The van der Waals surface area contributed by atoms with E-state index in [4.69, 9.17) is 9.94 Å². The smallest absolute Gasteiger partial charge is 0.305 e. The lowest BCUT2D eigenvalue weighted by Crippen LogP contribution is -2.30. The van der Waals surface area contributed by atoms with E-state index in [9.17, 15) is 15.0 Å². The highest BCUT2D eigenvalue weighted by Crippen LogP contribution is 2.49. The number of hydrogen-bond acceptors (Lipinski definition) is 5. The van der Waals surface area contributed by atoms with Gasteiger partial charge in [-0.25, -0.2) is 0 Å². The first-order valence-corrected chi connectivity index (χ1v) is 10.9. The number of unbranched alkanes of at least 4 members (excludes halogenated alkanes) is 6. The number of aliphatic carboxylic acids is 1. The summed E-state index contributed by atoms with van der Waals surface area (Å²) in [6.07, 6.45) is 13.8. The van der Waals surface area contributed by atoms with Gasteiger partial charge in [-0.3, -0.25) is 15.1 Å². The van der Waals surface area contributed by atoms with Gasteiger partial charge in [-0.1, -0.05) is 64.0 Å². The number of aliphatic hydroxyl groups excluding tert-OH is 2. The van der Waals surface area contributed by atoms with Gasteiger partial charge in [0.05, 0.1) is 25.2 Å². The third-order valence-corrected chi connectivity index (χ3v) is 5.87. The van der Waals surface area contributed by atoms with Crippen LogP contribution < -0.4 is 5.48 Å². The molecule has 0 bridgehead atoms. The largest absolute Gasteiger partial charge is 0.481 e. The number of rotatable bonds is 15.